The number of carbonyl (C=O) groups excluding carboxylic acids is 1. The molecular weight excluding hydrogens is 379 g/mol. The first-order valence-electron chi connectivity index (χ1n) is 8.88. The number of rotatable bonds is 6. The van der Waals surface area contributed by atoms with Crippen LogP contribution in [0.15, 0.2) is 48.9 Å². The van der Waals surface area contributed by atoms with Crippen LogP contribution in [-0.2, 0) is 4.74 Å². The lowest BCUT2D eigenvalue weighted by Gasteiger charge is -2.16. The highest BCUT2D eigenvalue weighted by Crippen LogP contribution is 2.22. The van der Waals surface area contributed by atoms with Crippen LogP contribution in [0.25, 0.3) is 0 Å². The lowest BCUT2D eigenvalue weighted by atomic mass is 10.2. The van der Waals surface area contributed by atoms with Crippen LogP contribution in [0.1, 0.15) is 18.7 Å². The molecule has 0 saturated carbocycles. The van der Waals surface area contributed by atoms with Crippen molar-refractivity contribution in [2.24, 2.45) is 0 Å². The molecule has 0 radical (unpaired) electrons. The van der Waals surface area contributed by atoms with Gasteiger partial charge in [0, 0.05) is 6.20 Å². The Labute approximate surface area is 165 Å². The molecule has 1 aromatic carbocycles. The van der Waals surface area contributed by atoms with Gasteiger partial charge in [0.25, 0.3) is 0 Å². The molecule has 10 heteroatoms. The minimum atomic E-state index is -0.426. The molecule has 1 fully saturated rings. The SMILES string of the molecule is CC(Nc1nccc(N2CCOC2=O)n1)c1cnc(Oc2ccc(F)cc2)cn1. The summed E-state index contributed by atoms with van der Waals surface area (Å²) in [5.74, 6) is 1.23. The molecule has 2 aromatic heterocycles. The number of hydrogen-bond donors (Lipinski definition) is 1. The molecule has 4 rings (SSSR count). The van der Waals surface area contributed by atoms with Crippen molar-refractivity contribution in [3.05, 3.63) is 60.4 Å². The zero-order chi connectivity index (χ0) is 20.2. The molecule has 9 nitrogen and oxygen atoms in total. The van der Waals surface area contributed by atoms with Gasteiger partial charge in [0.15, 0.2) is 0 Å². The summed E-state index contributed by atoms with van der Waals surface area (Å²) in [6.45, 7) is 2.67. The van der Waals surface area contributed by atoms with Gasteiger partial charge in [-0.25, -0.2) is 19.2 Å². The largest absolute Gasteiger partial charge is 0.447 e. The van der Waals surface area contributed by atoms with Gasteiger partial charge in [-0.1, -0.05) is 0 Å². The number of aromatic nitrogens is 4. The van der Waals surface area contributed by atoms with Crippen molar-refractivity contribution in [2.75, 3.05) is 23.4 Å². The van der Waals surface area contributed by atoms with Crippen LogP contribution in [0, 0.1) is 5.82 Å². The van der Waals surface area contributed by atoms with Crippen LogP contribution in [0.4, 0.5) is 21.0 Å². The highest BCUT2D eigenvalue weighted by molar-refractivity contribution is 5.88. The number of nitrogens with one attached hydrogen (secondary N) is 1. The Hall–Kier alpha value is -3.82. The van der Waals surface area contributed by atoms with Crippen LogP contribution in [0.5, 0.6) is 11.6 Å². The molecule has 1 amide bonds. The smallest absolute Gasteiger partial charge is 0.415 e. The van der Waals surface area contributed by atoms with Crippen molar-refractivity contribution < 1.29 is 18.7 Å². The topological polar surface area (TPSA) is 102 Å². The number of amides is 1. The van der Waals surface area contributed by atoms with Gasteiger partial charge in [-0.15, -0.1) is 0 Å². The number of cyclic esters (lactones) is 1. The number of nitrogens with zero attached hydrogens (tertiary/aromatic N) is 5. The molecule has 3 aromatic rings. The minimum Gasteiger partial charge on any atom is -0.447 e. The van der Waals surface area contributed by atoms with Crippen LogP contribution in [-0.4, -0.2) is 39.2 Å². The van der Waals surface area contributed by atoms with Gasteiger partial charge in [0.05, 0.1) is 30.7 Å². The maximum Gasteiger partial charge on any atom is 0.415 e. The van der Waals surface area contributed by atoms with Crippen molar-refractivity contribution in [1.82, 2.24) is 19.9 Å². The highest BCUT2D eigenvalue weighted by atomic mass is 19.1. The summed E-state index contributed by atoms with van der Waals surface area (Å²) < 4.78 is 23.4. The van der Waals surface area contributed by atoms with E-state index < -0.39 is 6.09 Å². The van der Waals surface area contributed by atoms with Crippen LogP contribution >= 0.6 is 0 Å². The Morgan fingerprint density at radius 1 is 1.17 bits per heavy atom. The molecule has 29 heavy (non-hydrogen) atoms. The number of hydrogen-bond acceptors (Lipinski definition) is 8. The third-order valence-corrected chi connectivity index (χ3v) is 4.15. The zero-order valence-electron chi connectivity index (χ0n) is 15.4. The second kappa shape index (κ2) is 8.05. The number of halogens is 1. The van der Waals surface area contributed by atoms with Crippen LogP contribution < -0.4 is 15.0 Å². The van der Waals surface area contributed by atoms with Gasteiger partial charge < -0.3 is 14.8 Å². The third-order valence-electron chi connectivity index (χ3n) is 4.15. The van der Waals surface area contributed by atoms with Crippen molar-refractivity contribution in [1.29, 1.82) is 0 Å². The number of ether oxygens (including phenoxy) is 2. The Balaban J connectivity index is 1.41. The summed E-state index contributed by atoms with van der Waals surface area (Å²) in [6, 6.07) is 7.02. The molecule has 1 atom stereocenters. The van der Waals surface area contributed by atoms with Crippen molar-refractivity contribution >= 4 is 17.9 Å². The average molecular weight is 396 g/mol. The van der Waals surface area contributed by atoms with Crippen LogP contribution in [0.2, 0.25) is 0 Å². The zero-order valence-corrected chi connectivity index (χ0v) is 15.4. The lowest BCUT2D eigenvalue weighted by molar-refractivity contribution is 0.181. The fraction of sp³-hybridized carbons (Fsp3) is 0.211. The first-order chi connectivity index (χ1) is 14.1. The van der Waals surface area contributed by atoms with E-state index in [-0.39, 0.29) is 11.9 Å². The summed E-state index contributed by atoms with van der Waals surface area (Å²) in [4.78, 5) is 30.2. The van der Waals surface area contributed by atoms with E-state index in [1.165, 1.54) is 35.4 Å². The Bertz CT molecular complexity index is 1000. The molecule has 1 unspecified atom stereocenters. The fourth-order valence-corrected chi connectivity index (χ4v) is 2.66. The Morgan fingerprint density at radius 2 is 2.00 bits per heavy atom. The summed E-state index contributed by atoms with van der Waals surface area (Å²) in [5, 5.41) is 3.13. The first kappa shape index (κ1) is 18.5. The molecule has 0 aliphatic carbocycles. The predicted octanol–water partition coefficient (Wildman–Crippen LogP) is 3.33. The van der Waals surface area contributed by atoms with Crippen molar-refractivity contribution in [3.63, 3.8) is 0 Å². The van der Waals surface area contributed by atoms with E-state index in [0.29, 0.717) is 42.2 Å². The summed E-state index contributed by atoms with van der Waals surface area (Å²) in [6.07, 6.45) is 4.19. The number of carbonyl (C=O) groups is 1. The summed E-state index contributed by atoms with van der Waals surface area (Å²) >= 11 is 0. The van der Waals surface area contributed by atoms with Gasteiger partial charge in [-0.05, 0) is 37.3 Å². The number of benzene rings is 1. The molecule has 1 saturated heterocycles. The molecule has 148 valence electrons. The maximum absolute atomic E-state index is 13.0. The van der Waals surface area contributed by atoms with Crippen molar-refractivity contribution in [2.45, 2.75) is 13.0 Å². The minimum absolute atomic E-state index is 0.247. The number of anilines is 2. The molecule has 1 aliphatic heterocycles. The van der Waals surface area contributed by atoms with E-state index in [1.807, 2.05) is 6.92 Å². The van der Waals surface area contributed by atoms with E-state index in [0.717, 1.165) is 0 Å². The van der Waals surface area contributed by atoms with E-state index in [9.17, 15) is 9.18 Å². The Morgan fingerprint density at radius 3 is 2.69 bits per heavy atom. The molecule has 3 heterocycles. The monoisotopic (exact) mass is 396 g/mol. The average Bonchev–Trinajstić information content (AvgIpc) is 3.16. The fourth-order valence-electron chi connectivity index (χ4n) is 2.66. The van der Waals surface area contributed by atoms with Gasteiger partial charge in [0.2, 0.25) is 11.8 Å². The first-order valence-corrected chi connectivity index (χ1v) is 8.88. The summed E-state index contributed by atoms with van der Waals surface area (Å²) in [7, 11) is 0. The van der Waals surface area contributed by atoms with Crippen molar-refractivity contribution in [3.8, 4) is 11.6 Å². The summed E-state index contributed by atoms with van der Waals surface area (Å²) in [5.41, 5.74) is 0.644. The lowest BCUT2D eigenvalue weighted by Crippen LogP contribution is -2.25. The maximum atomic E-state index is 13.0. The normalized spacial score (nSPS) is 14.4. The molecule has 1 aliphatic rings. The Kier molecular flexibility index (Phi) is 5.14. The molecule has 0 spiro atoms. The van der Waals surface area contributed by atoms with Gasteiger partial charge in [-0.2, -0.15) is 4.98 Å². The van der Waals surface area contributed by atoms with Gasteiger partial charge in [-0.3, -0.25) is 9.88 Å². The standard InChI is InChI=1S/C19H17FN6O3/c1-12(24-18-21-7-6-16(25-18)26-8-9-28-19(26)27)15-10-23-17(11-22-15)29-14-4-2-13(20)3-5-14/h2-7,10-12H,8-9H2,1H3,(H,21,24,25). The second-order valence-electron chi connectivity index (χ2n) is 6.21. The van der Waals surface area contributed by atoms with Gasteiger partial charge >= 0.3 is 6.09 Å². The van der Waals surface area contributed by atoms with Gasteiger partial charge in [0.1, 0.15) is 24.0 Å². The molecule has 0 bridgehead atoms. The highest BCUT2D eigenvalue weighted by Gasteiger charge is 2.25. The molecular formula is C19H17FN6O3. The van der Waals surface area contributed by atoms with E-state index in [4.69, 9.17) is 9.47 Å². The van der Waals surface area contributed by atoms with E-state index >= 15 is 0 Å². The molecule has 1 N–H and O–H groups in total. The van der Waals surface area contributed by atoms with E-state index in [1.54, 1.807) is 18.5 Å². The third kappa shape index (κ3) is 4.37. The second-order valence-corrected chi connectivity index (χ2v) is 6.21. The van der Waals surface area contributed by atoms with E-state index in [2.05, 4.69) is 25.3 Å². The van der Waals surface area contributed by atoms with Crippen LogP contribution in [0.3, 0.4) is 0 Å². The predicted molar refractivity (Wildman–Crippen MR) is 101 cm³/mol. The quantitative estimate of drug-likeness (QED) is 0.677.